The number of fused-ring (bicyclic) bond motifs is 9. The molecule has 10 heteroatoms. The summed E-state index contributed by atoms with van der Waals surface area (Å²) in [6.07, 6.45) is 8.69. The summed E-state index contributed by atoms with van der Waals surface area (Å²) >= 11 is 0. The van der Waals surface area contributed by atoms with Crippen LogP contribution in [0.3, 0.4) is 0 Å². The van der Waals surface area contributed by atoms with Crippen molar-refractivity contribution >= 4 is 32.7 Å². The molecule has 2 saturated heterocycles. The van der Waals surface area contributed by atoms with Gasteiger partial charge in [0.05, 0.1) is 24.0 Å². The summed E-state index contributed by atoms with van der Waals surface area (Å²) in [5.41, 5.74) is 5.42. The number of carbonyl (C=O) groups excluding carboxylic acids is 2. The number of sulfonamides is 1. The third-order valence-corrected chi connectivity index (χ3v) is 13.0. The van der Waals surface area contributed by atoms with E-state index in [4.69, 9.17) is 4.74 Å². The quantitative estimate of drug-likeness (QED) is 0.394. The minimum atomic E-state index is -3.72. The van der Waals surface area contributed by atoms with E-state index in [0.29, 0.717) is 18.0 Å². The number of methoxy groups -OCH3 is 1. The Bertz CT molecular complexity index is 1850. The highest BCUT2D eigenvalue weighted by Crippen LogP contribution is 2.66. The molecule has 2 aromatic carbocycles. The predicted molar refractivity (Wildman–Crippen MR) is 178 cm³/mol. The number of likely N-dealkylation sites (tertiary alicyclic amines) is 1. The molecule has 8 rings (SSSR count). The van der Waals surface area contributed by atoms with Crippen molar-refractivity contribution < 1.29 is 22.7 Å². The van der Waals surface area contributed by atoms with Crippen LogP contribution in [0.1, 0.15) is 91.6 Å². The maximum Gasteiger partial charge on any atom is 0.264 e. The molecule has 4 unspecified atom stereocenters. The Kier molecular flexibility index (Phi) is 7.07. The fourth-order valence-corrected chi connectivity index (χ4v) is 9.94. The van der Waals surface area contributed by atoms with Gasteiger partial charge in [-0.3, -0.25) is 9.59 Å². The molecule has 9 nitrogen and oxygen atoms in total. The number of benzene rings is 2. The Balaban J connectivity index is 1.33. The number of nitrogens with one attached hydrogen (secondary N) is 1. The molecule has 5 aliphatic rings. The second kappa shape index (κ2) is 10.8. The van der Waals surface area contributed by atoms with E-state index in [2.05, 4.69) is 38.3 Å². The number of ether oxygens (including phenoxy) is 1. The Hall–Kier alpha value is -3.37. The van der Waals surface area contributed by atoms with Crippen LogP contribution >= 0.6 is 0 Å². The molecule has 2 aliphatic carbocycles. The molecular weight excluding hydrogens is 600 g/mol. The van der Waals surface area contributed by atoms with Crippen LogP contribution in [0.15, 0.2) is 36.4 Å². The molecule has 2 bridgehead atoms. The summed E-state index contributed by atoms with van der Waals surface area (Å²) in [6.45, 7) is 3.88. The average molecular weight is 645 g/mol. The standard InChI is InChI=1S/C36H44N4O5S/c1-4-46(43,44)37-34(41)23-10-14-28-31(16-23)39-21-36(35(42)40-24-11-12-25(40)20-38(2)19-24)18-30(36)29-17-26(45-3)13-15-27(29)33(39)32(28)22-8-6-5-7-9-22/h10,13-17,22,24-25,30H,4-9,11-12,18-21H2,1-3H3,(H,37,41). The van der Waals surface area contributed by atoms with Gasteiger partial charge in [0.25, 0.3) is 5.91 Å². The van der Waals surface area contributed by atoms with Gasteiger partial charge in [-0.2, -0.15) is 0 Å². The first-order valence-corrected chi connectivity index (χ1v) is 18.7. The Morgan fingerprint density at radius 2 is 1.74 bits per heavy atom. The fraction of sp³-hybridized carbons (Fsp3) is 0.556. The Labute approximate surface area is 271 Å². The topological polar surface area (TPSA) is 101 Å². The van der Waals surface area contributed by atoms with E-state index < -0.39 is 21.3 Å². The molecule has 3 aromatic rings. The zero-order valence-corrected chi connectivity index (χ0v) is 27.9. The summed E-state index contributed by atoms with van der Waals surface area (Å²) in [5.74, 6) is 0.724. The number of nitrogens with zero attached hydrogens (tertiary/aromatic N) is 3. The van der Waals surface area contributed by atoms with E-state index in [1.165, 1.54) is 37.3 Å². The summed E-state index contributed by atoms with van der Waals surface area (Å²) in [5, 5.41) is 1.10. The van der Waals surface area contributed by atoms with Gasteiger partial charge in [0.2, 0.25) is 15.9 Å². The maximum atomic E-state index is 15.0. The minimum Gasteiger partial charge on any atom is -0.497 e. The SMILES string of the molecule is CCS(=O)(=O)NC(=O)c1ccc2c(C3CCCCC3)c3n(c2c1)CC1(C(=O)N2C4CCC2CN(C)C4)CC1c1cc(OC)ccc1-3. The number of hydrogen-bond acceptors (Lipinski definition) is 6. The first-order chi connectivity index (χ1) is 22.1. The lowest BCUT2D eigenvalue weighted by Gasteiger charge is -2.41. The van der Waals surface area contributed by atoms with Gasteiger partial charge in [0.1, 0.15) is 5.75 Å². The lowest BCUT2D eigenvalue weighted by Crippen LogP contribution is -2.57. The zero-order chi connectivity index (χ0) is 32.0. The van der Waals surface area contributed by atoms with Gasteiger partial charge in [-0.25, -0.2) is 13.1 Å². The third-order valence-electron chi connectivity index (χ3n) is 11.7. The van der Waals surface area contributed by atoms with Crippen LogP contribution in [0.4, 0.5) is 0 Å². The number of rotatable bonds is 6. The number of aromatic nitrogens is 1. The second-order valence-corrected chi connectivity index (χ2v) is 16.4. The normalized spacial score (nSPS) is 27.5. The van der Waals surface area contributed by atoms with Crippen molar-refractivity contribution in [1.29, 1.82) is 0 Å². The minimum absolute atomic E-state index is 0.0829. The molecular formula is C36H44N4O5S. The van der Waals surface area contributed by atoms with Crippen molar-refractivity contribution in [3.63, 3.8) is 0 Å². The number of hydrogen-bond donors (Lipinski definition) is 1. The molecule has 4 atom stereocenters. The summed E-state index contributed by atoms with van der Waals surface area (Å²) in [4.78, 5) is 32.8. The molecule has 1 aromatic heterocycles. The largest absolute Gasteiger partial charge is 0.497 e. The van der Waals surface area contributed by atoms with Gasteiger partial charge in [-0.15, -0.1) is 0 Å². The summed E-state index contributed by atoms with van der Waals surface area (Å²) in [6, 6.07) is 12.5. The first-order valence-electron chi connectivity index (χ1n) is 17.0. The Morgan fingerprint density at radius 3 is 2.43 bits per heavy atom. The van der Waals surface area contributed by atoms with Gasteiger partial charge in [0.15, 0.2) is 0 Å². The van der Waals surface area contributed by atoms with Crippen LogP contribution in [0, 0.1) is 5.41 Å². The molecule has 46 heavy (non-hydrogen) atoms. The van der Waals surface area contributed by atoms with Crippen molar-refractivity contribution in [2.75, 3.05) is 33.0 Å². The van der Waals surface area contributed by atoms with Crippen molar-refractivity contribution in [2.45, 2.75) is 88.8 Å². The monoisotopic (exact) mass is 644 g/mol. The zero-order valence-electron chi connectivity index (χ0n) is 27.0. The van der Waals surface area contributed by atoms with Crippen LogP contribution in [0.5, 0.6) is 5.75 Å². The molecule has 0 spiro atoms. The van der Waals surface area contributed by atoms with E-state index in [1.807, 2.05) is 18.2 Å². The third kappa shape index (κ3) is 4.61. The molecule has 244 valence electrons. The van der Waals surface area contributed by atoms with Crippen molar-refractivity contribution in [3.8, 4) is 17.0 Å². The summed E-state index contributed by atoms with van der Waals surface area (Å²) in [7, 11) is 0.135. The number of amides is 2. The highest BCUT2D eigenvalue weighted by Gasteiger charge is 2.65. The smallest absolute Gasteiger partial charge is 0.264 e. The van der Waals surface area contributed by atoms with Gasteiger partial charge in [0, 0.05) is 59.7 Å². The van der Waals surface area contributed by atoms with Gasteiger partial charge >= 0.3 is 0 Å². The van der Waals surface area contributed by atoms with Crippen LogP contribution in [0.2, 0.25) is 0 Å². The van der Waals surface area contributed by atoms with Crippen molar-refractivity contribution in [3.05, 3.63) is 53.1 Å². The van der Waals surface area contributed by atoms with E-state index in [9.17, 15) is 18.0 Å². The predicted octanol–water partition coefficient (Wildman–Crippen LogP) is 5.24. The van der Waals surface area contributed by atoms with Crippen LogP contribution in [-0.2, 0) is 21.4 Å². The van der Waals surface area contributed by atoms with E-state index >= 15 is 0 Å². The van der Waals surface area contributed by atoms with Crippen molar-refractivity contribution in [1.82, 2.24) is 19.1 Å². The Morgan fingerprint density at radius 1 is 1.00 bits per heavy atom. The number of likely N-dealkylation sites (N-methyl/N-ethyl adjacent to an activating group) is 1. The van der Waals surface area contributed by atoms with Crippen LogP contribution in [-0.4, -0.2) is 79.7 Å². The van der Waals surface area contributed by atoms with Gasteiger partial charge in [-0.05, 0) is 93.5 Å². The lowest BCUT2D eigenvalue weighted by atomic mass is 9.81. The maximum absolute atomic E-state index is 15.0. The summed E-state index contributed by atoms with van der Waals surface area (Å²) < 4.78 is 35.0. The van der Waals surface area contributed by atoms with Crippen LogP contribution < -0.4 is 9.46 Å². The van der Waals surface area contributed by atoms with Crippen molar-refractivity contribution in [2.24, 2.45) is 5.41 Å². The molecule has 4 heterocycles. The molecule has 2 saturated carbocycles. The van der Waals surface area contributed by atoms with E-state index in [-0.39, 0.29) is 29.7 Å². The highest BCUT2D eigenvalue weighted by atomic mass is 32.2. The fourth-order valence-electron chi connectivity index (χ4n) is 9.40. The van der Waals surface area contributed by atoms with E-state index in [0.717, 1.165) is 73.1 Å². The highest BCUT2D eigenvalue weighted by molar-refractivity contribution is 7.90. The first kappa shape index (κ1) is 30.0. The van der Waals surface area contributed by atoms with E-state index in [1.54, 1.807) is 13.2 Å². The number of piperazine rings is 1. The average Bonchev–Trinajstić information content (AvgIpc) is 3.64. The molecule has 1 N–H and O–H groups in total. The number of carbonyl (C=O) groups is 2. The molecule has 2 amide bonds. The van der Waals surface area contributed by atoms with Gasteiger partial charge in [-0.1, -0.05) is 25.3 Å². The second-order valence-electron chi connectivity index (χ2n) is 14.4. The van der Waals surface area contributed by atoms with Gasteiger partial charge < -0.3 is 19.1 Å². The molecule has 3 aliphatic heterocycles. The van der Waals surface area contributed by atoms with Crippen LogP contribution in [0.25, 0.3) is 22.2 Å². The molecule has 4 fully saturated rings. The lowest BCUT2D eigenvalue weighted by molar-refractivity contribution is -0.143. The molecule has 0 radical (unpaired) electrons.